The third-order valence-corrected chi connectivity index (χ3v) is 8.08. The van der Waals surface area contributed by atoms with Crippen LogP contribution in [0.2, 0.25) is 10.0 Å². The van der Waals surface area contributed by atoms with Gasteiger partial charge in [0.2, 0.25) is 0 Å². The van der Waals surface area contributed by atoms with Crippen molar-refractivity contribution in [2.45, 2.75) is 63.6 Å². The minimum Gasteiger partial charge on any atom is -0.475 e. The lowest BCUT2D eigenvalue weighted by atomic mass is 10.1. The summed E-state index contributed by atoms with van der Waals surface area (Å²) in [6.45, 7) is 8.61. The molecule has 0 bridgehead atoms. The van der Waals surface area contributed by atoms with Crippen LogP contribution < -0.4 is 4.74 Å². The second-order valence-electron chi connectivity index (χ2n) is 9.78. The minimum absolute atomic E-state index is 0.0468. The number of hydrogen-bond acceptors (Lipinski definition) is 6. The molecule has 2 aromatic carbocycles. The molecule has 8 heteroatoms. The van der Waals surface area contributed by atoms with Crippen LogP contribution in [0.15, 0.2) is 53.4 Å². The normalized spacial score (nSPS) is 11.9. The van der Waals surface area contributed by atoms with E-state index in [-0.39, 0.29) is 16.6 Å². The van der Waals surface area contributed by atoms with E-state index in [1.54, 1.807) is 58.5 Å². The lowest BCUT2D eigenvalue weighted by Crippen LogP contribution is -2.43. The van der Waals surface area contributed by atoms with E-state index in [1.165, 1.54) is 16.2 Å². The fourth-order valence-corrected chi connectivity index (χ4v) is 5.19. The Morgan fingerprint density at radius 3 is 2.19 bits per heavy atom. The second kappa shape index (κ2) is 11.6. The third kappa shape index (κ3) is 7.28. The molecule has 0 aliphatic carbocycles. The third-order valence-electron chi connectivity index (χ3n) is 5.26. The van der Waals surface area contributed by atoms with Gasteiger partial charge in [-0.3, -0.25) is 4.79 Å². The molecule has 0 N–H and O–H groups in total. The molecular formula is C28H30Cl2O4S2. The number of halogens is 2. The Labute approximate surface area is 231 Å². The zero-order valence-corrected chi connectivity index (χ0v) is 24.4. The molecule has 0 saturated carbocycles. The van der Waals surface area contributed by atoms with Crippen LogP contribution in [0.3, 0.4) is 0 Å². The molecule has 0 amide bonds. The molecule has 3 aromatic rings. The van der Waals surface area contributed by atoms with Gasteiger partial charge in [0, 0.05) is 16.2 Å². The Kier molecular flexibility index (Phi) is 9.20. The van der Waals surface area contributed by atoms with Gasteiger partial charge in [-0.25, -0.2) is 4.79 Å². The number of aryl methyl sites for hydroxylation is 1. The van der Waals surface area contributed by atoms with Crippen molar-refractivity contribution >= 4 is 58.1 Å². The summed E-state index contributed by atoms with van der Waals surface area (Å²) in [5, 5.41) is 0.507. The Bertz CT molecular complexity index is 1240. The predicted molar refractivity (Wildman–Crippen MR) is 151 cm³/mol. The van der Waals surface area contributed by atoms with Crippen LogP contribution in [-0.2, 0) is 16.0 Å². The first-order valence-corrected chi connectivity index (χ1v) is 14.3. The van der Waals surface area contributed by atoms with Crippen molar-refractivity contribution < 1.29 is 19.1 Å². The van der Waals surface area contributed by atoms with Crippen LogP contribution in [0, 0.1) is 0 Å². The van der Waals surface area contributed by atoms with Gasteiger partial charge in [-0.1, -0.05) is 41.4 Å². The van der Waals surface area contributed by atoms with Crippen LogP contribution in [0.1, 0.15) is 56.3 Å². The van der Waals surface area contributed by atoms with Crippen molar-refractivity contribution in [3.63, 3.8) is 0 Å². The summed E-state index contributed by atoms with van der Waals surface area (Å²) in [5.74, 6) is -0.180. The molecule has 0 aliphatic rings. The smallest absolute Gasteiger partial charge is 0.350 e. The van der Waals surface area contributed by atoms with Gasteiger partial charge in [-0.2, -0.15) is 0 Å². The number of thioether (sulfide) groups is 1. The van der Waals surface area contributed by atoms with Crippen molar-refractivity contribution in [2.24, 2.45) is 0 Å². The van der Waals surface area contributed by atoms with Crippen LogP contribution in [-0.4, -0.2) is 29.2 Å². The van der Waals surface area contributed by atoms with Gasteiger partial charge in [0.25, 0.3) is 0 Å². The number of ether oxygens (including phenoxy) is 2. The molecule has 0 radical (unpaired) electrons. The highest BCUT2D eigenvalue weighted by atomic mass is 35.5. The van der Waals surface area contributed by atoms with Crippen LogP contribution in [0.4, 0.5) is 0 Å². The van der Waals surface area contributed by atoms with E-state index in [4.69, 9.17) is 32.7 Å². The fourth-order valence-electron chi connectivity index (χ4n) is 3.33. The van der Waals surface area contributed by atoms with Crippen molar-refractivity contribution in [1.82, 2.24) is 0 Å². The summed E-state index contributed by atoms with van der Waals surface area (Å²) in [6.07, 6.45) is 2.77. The molecular weight excluding hydrogens is 535 g/mol. The summed E-state index contributed by atoms with van der Waals surface area (Å²) in [5.41, 5.74) is -0.0689. The number of Topliss-reactive ketones (excluding diaryl/α,β-unsaturated/α-hetero) is 1. The van der Waals surface area contributed by atoms with Gasteiger partial charge < -0.3 is 9.47 Å². The van der Waals surface area contributed by atoms with Gasteiger partial charge in [0.1, 0.15) is 16.4 Å². The highest BCUT2D eigenvalue weighted by molar-refractivity contribution is 7.98. The molecule has 1 heterocycles. The zero-order chi connectivity index (χ0) is 26.7. The highest BCUT2D eigenvalue weighted by Gasteiger charge is 2.35. The topological polar surface area (TPSA) is 52.6 Å². The van der Waals surface area contributed by atoms with Crippen LogP contribution >= 0.6 is 46.3 Å². The first-order chi connectivity index (χ1) is 16.8. The van der Waals surface area contributed by atoms with E-state index in [0.29, 0.717) is 22.7 Å². The zero-order valence-electron chi connectivity index (χ0n) is 21.2. The molecule has 4 nitrogen and oxygen atoms in total. The molecule has 0 atom stereocenters. The minimum atomic E-state index is -1.26. The maximum absolute atomic E-state index is 12.9. The number of esters is 1. The van der Waals surface area contributed by atoms with Gasteiger partial charge in [0.05, 0.1) is 9.90 Å². The molecule has 3 rings (SSSR count). The van der Waals surface area contributed by atoms with Crippen molar-refractivity contribution in [3.8, 4) is 16.2 Å². The monoisotopic (exact) mass is 564 g/mol. The highest BCUT2D eigenvalue weighted by Crippen LogP contribution is 2.38. The average Bonchev–Trinajstić information content (AvgIpc) is 3.31. The predicted octanol–water partition coefficient (Wildman–Crippen LogP) is 8.76. The molecule has 0 fully saturated rings. The summed E-state index contributed by atoms with van der Waals surface area (Å²) >= 11 is 16.2. The van der Waals surface area contributed by atoms with E-state index < -0.39 is 17.2 Å². The molecule has 1 aromatic heterocycles. The molecule has 192 valence electrons. The number of rotatable bonds is 9. The Balaban J connectivity index is 1.66. The van der Waals surface area contributed by atoms with E-state index in [1.807, 2.05) is 18.4 Å². The second-order valence-corrected chi connectivity index (χ2v) is 12.5. The number of thiophene rings is 1. The fraction of sp³-hybridized carbons (Fsp3) is 0.357. The Hall–Kier alpha value is -1.99. The summed E-state index contributed by atoms with van der Waals surface area (Å²) in [6, 6.07) is 15.6. The molecule has 0 saturated heterocycles. The maximum atomic E-state index is 12.9. The largest absolute Gasteiger partial charge is 0.475 e. The Morgan fingerprint density at radius 1 is 0.917 bits per heavy atom. The van der Waals surface area contributed by atoms with Gasteiger partial charge in [-0.05, 0) is 88.8 Å². The summed E-state index contributed by atoms with van der Waals surface area (Å²) < 4.78 is 11.3. The molecule has 0 spiro atoms. The number of carbonyl (C=O) groups excluding carboxylic acids is 2. The first-order valence-electron chi connectivity index (χ1n) is 11.5. The van der Waals surface area contributed by atoms with Crippen molar-refractivity contribution in [2.75, 3.05) is 6.26 Å². The van der Waals surface area contributed by atoms with E-state index >= 15 is 0 Å². The molecule has 36 heavy (non-hydrogen) atoms. The maximum Gasteiger partial charge on any atom is 0.350 e. The van der Waals surface area contributed by atoms with Crippen molar-refractivity contribution in [3.05, 3.63) is 69.0 Å². The quantitative estimate of drug-likeness (QED) is 0.148. The number of benzene rings is 2. The number of hydrogen-bond donors (Lipinski definition) is 0. The lowest BCUT2D eigenvalue weighted by molar-refractivity contribution is -0.170. The van der Waals surface area contributed by atoms with Crippen LogP contribution in [0.5, 0.6) is 5.75 Å². The van der Waals surface area contributed by atoms with Crippen molar-refractivity contribution in [1.29, 1.82) is 0 Å². The van der Waals surface area contributed by atoms with Gasteiger partial charge >= 0.3 is 5.97 Å². The van der Waals surface area contributed by atoms with Crippen LogP contribution in [0.25, 0.3) is 10.4 Å². The SMILES string of the molecule is CSc1ccc(-c2ccc(C(=O)CCc3ccc(OC(C)(C)C(=O)OC(C)(C)C)c(Cl)c3Cl)s2)cc1. The van der Waals surface area contributed by atoms with Gasteiger partial charge in [-0.15, -0.1) is 23.1 Å². The standard InChI is InChI=1S/C28H30Cl2O4S2/c1-27(2,3)34-26(32)28(4,5)33-21-14-10-18(24(29)25(21)30)9-13-20(31)23-16-15-22(36-23)17-7-11-19(35-6)12-8-17/h7-8,10-12,14-16H,9,13H2,1-6H3. The summed E-state index contributed by atoms with van der Waals surface area (Å²) in [7, 11) is 0. The summed E-state index contributed by atoms with van der Waals surface area (Å²) in [4.78, 5) is 28.3. The van der Waals surface area contributed by atoms with E-state index in [9.17, 15) is 9.59 Å². The Morgan fingerprint density at radius 2 is 1.58 bits per heavy atom. The average molecular weight is 566 g/mol. The lowest BCUT2D eigenvalue weighted by Gasteiger charge is -2.29. The molecule has 0 aliphatic heterocycles. The van der Waals surface area contributed by atoms with E-state index in [2.05, 4.69) is 24.3 Å². The first kappa shape index (κ1) is 28.6. The number of carbonyl (C=O) groups is 2. The van der Waals surface area contributed by atoms with Gasteiger partial charge in [0.15, 0.2) is 11.4 Å². The number of ketones is 1. The van der Waals surface area contributed by atoms with E-state index in [0.717, 1.165) is 16.0 Å². The molecule has 0 unspecified atom stereocenters.